The first kappa shape index (κ1) is 25.0. The number of halogens is 2. The number of carboxylic acids is 1. The van der Waals surface area contributed by atoms with Crippen LogP contribution in [0.2, 0.25) is 10.0 Å². The fourth-order valence-corrected chi connectivity index (χ4v) is 6.27. The SMILES string of the molecule is O=C(O)C1(NS(=O)c2ccc(OCc3ccc(Cl)cc3Cl)cc2)C2C/C=C\C=C/CCCCC21. The summed E-state index contributed by atoms with van der Waals surface area (Å²) in [5, 5.41) is 11.2. The molecule has 1 saturated carbocycles. The molecule has 0 aromatic heterocycles. The average Bonchev–Trinajstić information content (AvgIpc) is 3.44. The van der Waals surface area contributed by atoms with E-state index in [0.29, 0.717) is 27.1 Å². The first-order chi connectivity index (χ1) is 16.4. The van der Waals surface area contributed by atoms with Crippen molar-refractivity contribution in [2.24, 2.45) is 11.8 Å². The highest BCUT2D eigenvalue weighted by Gasteiger charge is 2.69. The van der Waals surface area contributed by atoms with E-state index in [1.165, 1.54) is 0 Å². The maximum Gasteiger partial charge on any atom is 0.325 e. The van der Waals surface area contributed by atoms with Crippen LogP contribution < -0.4 is 9.46 Å². The zero-order valence-electron chi connectivity index (χ0n) is 18.6. The minimum atomic E-state index is -1.67. The van der Waals surface area contributed by atoms with E-state index in [4.69, 9.17) is 27.9 Å². The average molecular weight is 520 g/mol. The Hall–Kier alpha value is -2.12. The van der Waals surface area contributed by atoms with Gasteiger partial charge in [-0.25, -0.2) is 8.93 Å². The molecule has 0 aliphatic heterocycles. The summed E-state index contributed by atoms with van der Waals surface area (Å²) in [6.45, 7) is 0.269. The second-order valence-corrected chi connectivity index (χ2v) is 10.7. The highest BCUT2D eigenvalue weighted by molar-refractivity contribution is 7.83. The summed E-state index contributed by atoms with van der Waals surface area (Å²) in [4.78, 5) is 12.8. The molecule has 0 amide bonds. The molecule has 4 rings (SSSR count). The van der Waals surface area contributed by atoms with Crippen LogP contribution in [-0.2, 0) is 22.4 Å². The van der Waals surface area contributed by atoms with Gasteiger partial charge in [-0.1, -0.05) is 60.0 Å². The van der Waals surface area contributed by atoms with Crippen molar-refractivity contribution in [2.45, 2.75) is 49.1 Å². The summed E-state index contributed by atoms with van der Waals surface area (Å²) in [6, 6.07) is 12.0. The molecule has 2 N–H and O–H groups in total. The number of allylic oxidation sites excluding steroid dienone is 4. The normalized spacial score (nSPS) is 27.0. The van der Waals surface area contributed by atoms with E-state index in [-0.39, 0.29) is 18.4 Å². The van der Waals surface area contributed by atoms with Gasteiger partial charge < -0.3 is 9.84 Å². The van der Waals surface area contributed by atoms with Crippen LogP contribution in [-0.4, -0.2) is 20.8 Å². The largest absolute Gasteiger partial charge is 0.489 e. The second-order valence-electron chi connectivity index (χ2n) is 8.63. The predicted molar refractivity (Wildman–Crippen MR) is 135 cm³/mol. The number of nitrogens with one attached hydrogen (secondary N) is 1. The quantitative estimate of drug-likeness (QED) is 0.448. The third kappa shape index (κ3) is 5.57. The van der Waals surface area contributed by atoms with Crippen LogP contribution in [0.4, 0.5) is 0 Å². The molecule has 2 aromatic rings. The van der Waals surface area contributed by atoms with Gasteiger partial charge in [0.1, 0.15) is 28.9 Å². The van der Waals surface area contributed by atoms with E-state index in [9.17, 15) is 14.1 Å². The smallest absolute Gasteiger partial charge is 0.325 e. The van der Waals surface area contributed by atoms with Crippen molar-refractivity contribution in [3.8, 4) is 5.75 Å². The summed E-state index contributed by atoms with van der Waals surface area (Å²) in [5.41, 5.74) is -0.364. The molecule has 2 aromatic carbocycles. The van der Waals surface area contributed by atoms with E-state index in [0.717, 1.165) is 31.2 Å². The molecule has 2 aliphatic carbocycles. The number of hydrogen-bond acceptors (Lipinski definition) is 3. The monoisotopic (exact) mass is 519 g/mol. The van der Waals surface area contributed by atoms with Crippen molar-refractivity contribution in [2.75, 3.05) is 0 Å². The topological polar surface area (TPSA) is 75.6 Å². The van der Waals surface area contributed by atoms with E-state index >= 15 is 0 Å². The van der Waals surface area contributed by atoms with Gasteiger partial charge in [0.2, 0.25) is 0 Å². The Morgan fingerprint density at radius 1 is 1.09 bits per heavy atom. The maximum atomic E-state index is 13.1. The van der Waals surface area contributed by atoms with Gasteiger partial charge in [-0.3, -0.25) is 4.79 Å². The van der Waals surface area contributed by atoms with E-state index in [2.05, 4.69) is 10.8 Å². The fraction of sp³-hybridized carbons (Fsp3) is 0.346. The van der Waals surface area contributed by atoms with Gasteiger partial charge in [0.15, 0.2) is 0 Å². The minimum Gasteiger partial charge on any atom is -0.489 e. The highest BCUT2D eigenvalue weighted by Crippen LogP contribution is 2.56. The summed E-state index contributed by atoms with van der Waals surface area (Å²) in [5.74, 6) is -0.460. The number of fused-ring (bicyclic) bond motifs is 1. The molecular weight excluding hydrogens is 493 g/mol. The molecule has 0 heterocycles. The van der Waals surface area contributed by atoms with E-state index in [1.54, 1.807) is 42.5 Å². The first-order valence-electron chi connectivity index (χ1n) is 11.3. The lowest BCUT2D eigenvalue weighted by Gasteiger charge is -2.16. The molecule has 4 atom stereocenters. The van der Waals surface area contributed by atoms with Crippen molar-refractivity contribution < 1.29 is 18.8 Å². The molecular formula is C26H27Cl2NO4S. The predicted octanol–water partition coefficient (Wildman–Crippen LogP) is 6.33. The van der Waals surface area contributed by atoms with Crippen LogP contribution >= 0.6 is 23.2 Å². The van der Waals surface area contributed by atoms with Gasteiger partial charge in [0.25, 0.3) is 0 Å². The Labute approximate surface area is 212 Å². The molecule has 4 unspecified atom stereocenters. The van der Waals surface area contributed by atoms with Crippen molar-refractivity contribution in [1.29, 1.82) is 0 Å². The van der Waals surface area contributed by atoms with Gasteiger partial charge in [-0.15, -0.1) is 0 Å². The van der Waals surface area contributed by atoms with Crippen LogP contribution in [0.1, 0.15) is 37.7 Å². The van der Waals surface area contributed by atoms with Crippen molar-refractivity contribution in [1.82, 2.24) is 4.72 Å². The third-order valence-corrected chi connectivity index (χ3v) is 8.33. The second kappa shape index (κ2) is 11.1. The fourth-order valence-electron chi connectivity index (χ4n) is 4.61. The standard InChI is InChI=1S/C26H27Cl2NO4S/c27-19-11-10-18(24(28)16-19)17-33-20-12-14-21(15-13-20)34(32)29-26(25(30)31)22-8-6-4-2-1-3-5-7-9-23(22)26/h1-2,4,6,10-16,22-23,29H,3,5,7-9,17H2,(H,30,31)/b2-1-,6-4-. The van der Waals surface area contributed by atoms with Crippen molar-refractivity contribution in [3.63, 3.8) is 0 Å². The highest BCUT2D eigenvalue weighted by atomic mass is 35.5. The van der Waals surface area contributed by atoms with Crippen LogP contribution in [0, 0.1) is 11.8 Å². The van der Waals surface area contributed by atoms with E-state index < -0.39 is 22.5 Å². The number of benzene rings is 2. The van der Waals surface area contributed by atoms with E-state index in [1.807, 2.05) is 18.2 Å². The number of ether oxygens (including phenoxy) is 1. The van der Waals surface area contributed by atoms with Gasteiger partial charge in [0.05, 0.1) is 4.90 Å². The van der Waals surface area contributed by atoms with Gasteiger partial charge in [-0.2, -0.15) is 0 Å². The summed E-state index contributed by atoms with van der Waals surface area (Å²) < 4.78 is 21.9. The molecule has 0 bridgehead atoms. The molecule has 1 fully saturated rings. The molecule has 34 heavy (non-hydrogen) atoms. The number of hydrogen-bond donors (Lipinski definition) is 2. The van der Waals surface area contributed by atoms with Crippen molar-refractivity contribution in [3.05, 3.63) is 82.4 Å². The Balaban J connectivity index is 1.42. The first-order valence-corrected chi connectivity index (χ1v) is 13.2. The van der Waals surface area contributed by atoms with Gasteiger partial charge in [0, 0.05) is 15.6 Å². The van der Waals surface area contributed by atoms with Gasteiger partial charge >= 0.3 is 5.97 Å². The molecule has 2 aliphatic rings. The zero-order valence-corrected chi connectivity index (χ0v) is 20.9. The minimum absolute atomic E-state index is 0.0385. The Morgan fingerprint density at radius 3 is 2.59 bits per heavy atom. The number of aliphatic carboxylic acids is 1. The molecule has 8 heteroatoms. The van der Waals surface area contributed by atoms with Crippen LogP contribution in [0.3, 0.4) is 0 Å². The summed E-state index contributed by atoms with van der Waals surface area (Å²) >= 11 is 12.1. The lowest BCUT2D eigenvalue weighted by molar-refractivity contribution is -0.141. The number of rotatable bonds is 7. The number of carboxylic acid groups (broad SMARTS) is 1. The third-order valence-electron chi connectivity index (χ3n) is 6.52. The van der Waals surface area contributed by atoms with Gasteiger partial charge in [-0.05, 0) is 73.9 Å². The Morgan fingerprint density at radius 2 is 1.85 bits per heavy atom. The Kier molecular flexibility index (Phi) is 8.14. The molecule has 5 nitrogen and oxygen atoms in total. The zero-order chi connectivity index (χ0) is 24.1. The lowest BCUT2D eigenvalue weighted by atomic mass is 10.1. The van der Waals surface area contributed by atoms with Crippen LogP contribution in [0.5, 0.6) is 5.75 Å². The lowest BCUT2D eigenvalue weighted by Crippen LogP contribution is -2.43. The molecule has 180 valence electrons. The molecule has 0 radical (unpaired) electrons. The number of carbonyl (C=O) groups is 1. The summed E-state index contributed by atoms with van der Waals surface area (Å²) in [7, 11) is -1.67. The Bertz CT molecular complexity index is 1120. The van der Waals surface area contributed by atoms with Crippen LogP contribution in [0.25, 0.3) is 0 Å². The molecule has 0 saturated heterocycles. The maximum absolute atomic E-state index is 13.1. The van der Waals surface area contributed by atoms with Crippen molar-refractivity contribution >= 4 is 40.2 Å². The summed E-state index contributed by atoms with van der Waals surface area (Å²) in [6.07, 6.45) is 12.6. The molecule has 0 spiro atoms. The van der Waals surface area contributed by atoms with Crippen LogP contribution in [0.15, 0.2) is 71.7 Å².